The van der Waals surface area contributed by atoms with Gasteiger partial charge in [-0.05, 0) is 45.8 Å². The molecule has 1 saturated carbocycles. The molecule has 1 atom stereocenters. The fourth-order valence-electron chi connectivity index (χ4n) is 2.59. The van der Waals surface area contributed by atoms with Crippen LogP contribution < -0.4 is 0 Å². The van der Waals surface area contributed by atoms with Crippen molar-refractivity contribution in [2.45, 2.75) is 57.0 Å². The first kappa shape index (κ1) is 13.9. The summed E-state index contributed by atoms with van der Waals surface area (Å²) < 4.78 is 2.17. The highest BCUT2D eigenvalue weighted by atomic mass is 35.5. The molecule has 102 valence electrons. The summed E-state index contributed by atoms with van der Waals surface area (Å²) in [4.78, 5) is 2.29. The Labute approximate surface area is 115 Å². The lowest BCUT2D eigenvalue weighted by molar-refractivity contribution is 0.315. The van der Waals surface area contributed by atoms with Crippen molar-refractivity contribution in [3.8, 4) is 0 Å². The summed E-state index contributed by atoms with van der Waals surface area (Å²) in [5.74, 6) is 0. The van der Waals surface area contributed by atoms with Crippen molar-refractivity contribution in [1.29, 1.82) is 0 Å². The number of aromatic nitrogens is 2. The van der Waals surface area contributed by atoms with Gasteiger partial charge in [0.25, 0.3) is 0 Å². The summed E-state index contributed by atoms with van der Waals surface area (Å²) >= 11 is 5.97. The number of hydrogen-bond donors (Lipinski definition) is 0. The van der Waals surface area contributed by atoms with Crippen LogP contribution in [0.15, 0.2) is 12.3 Å². The minimum absolute atomic E-state index is 0.253. The molecule has 1 aromatic rings. The Kier molecular flexibility index (Phi) is 5.07. The number of nitrogens with zero attached hydrogens (tertiary/aromatic N) is 3. The molecule has 1 aliphatic rings. The molecule has 0 aliphatic heterocycles. The van der Waals surface area contributed by atoms with Crippen LogP contribution in [0.1, 0.15) is 50.8 Å². The van der Waals surface area contributed by atoms with Gasteiger partial charge >= 0.3 is 0 Å². The van der Waals surface area contributed by atoms with Gasteiger partial charge in [-0.2, -0.15) is 5.10 Å². The molecule has 3 nitrogen and oxygen atoms in total. The second-order valence-electron chi connectivity index (χ2n) is 5.53. The SMILES string of the molecule is CC(Cl)CCN(C)Cc1ccn(C2CCCC2)n1. The molecule has 1 heterocycles. The molecule has 1 aromatic heterocycles. The van der Waals surface area contributed by atoms with Gasteiger partial charge in [0.1, 0.15) is 0 Å². The maximum Gasteiger partial charge on any atom is 0.0764 e. The molecule has 0 aromatic carbocycles. The van der Waals surface area contributed by atoms with Crippen LogP contribution >= 0.6 is 11.6 Å². The standard InChI is InChI=1S/C14H24ClN3/c1-12(15)7-9-17(2)11-13-8-10-18(16-13)14-5-3-4-6-14/h8,10,12,14H,3-7,9,11H2,1-2H3. The molecular weight excluding hydrogens is 246 g/mol. The van der Waals surface area contributed by atoms with E-state index in [1.54, 1.807) is 0 Å². The van der Waals surface area contributed by atoms with Gasteiger partial charge in [0, 0.05) is 18.1 Å². The summed E-state index contributed by atoms with van der Waals surface area (Å²) in [6, 6.07) is 2.80. The van der Waals surface area contributed by atoms with Crippen LogP contribution in [-0.2, 0) is 6.54 Å². The quantitative estimate of drug-likeness (QED) is 0.738. The Morgan fingerprint density at radius 3 is 2.89 bits per heavy atom. The van der Waals surface area contributed by atoms with Crippen molar-refractivity contribution in [2.75, 3.05) is 13.6 Å². The molecule has 2 rings (SSSR count). The first-order valence-corrected chi connectivity index (χ1v) is 7.45. The summed E-state index contributed by atoms with van der Waals surface area (Å²) in [6.07, 6.45) is 8.47. The van der Waals surface area contributed by atoms with Crippen LogP contribution in [-0.4, -0.2) is 33.6 Å². The van der Waals surface area contributed by atoms with E-state index in [2.05, 4.69) is 28.9 Å². The lowest BCUT2D eigenvalue weighted by Gasteiger charge is -2.16. The van der Waals surface area contributed by atoms with E-state index in [0.29, 0.717) is 6.04 Å². The number of rotatable bonds is 6. The summed E-state index contributed by atoms with van der Waals surface area (Å²) in [7, 11) is 2.13. The number of halogens is 1. The first-order valence-electron chi connectivity index (χ1n) is 7.02. The predicted octanol–water partition coefficient (Wildman–Crippen LogP) is 3.45. The molecule has 18 heavy (non-hydrogen) atoms. The molecule has 0 amide bonds. The van der Waals surface area contributed by atoms with Gasteiger partial charge in [-0.1, -0.05) is 12.8 Å². The number of hydrogen-bond acceptors (Lipinski definition) is 2. The third-order valence-electron chi connectivity index (χ3n) is 3.70. The zero-order valence-electron chi connectivity index (χ0n) is 11.5. The molecule has 0 radical (unpaired) electrons. The highest BCUT2D eigenvalue weighted by Crippen LogP contribution is 2.28. The molecule has 4 heteroatoms. The van der Waals surface area contributed by atoms with E-state index in [4.69, 9.17) is 16.7 Å². The molecule has 1 unspecified atom stereocenters. The van der Waals surface area contributed by atoms with Crippen LogP contribution in [0.2, 0.25) is 0 Å². The highest BCUT2D eigenvalue weighted by molar-refractivity contribution is 6.20. The van der Waals surface area contributed by atoms with Crippen LogP contribution in [0.5, 0.6) is 0 Å². The minimum atomic E-state index is 0.253. The molecule has 0 bridgehead atoms. The third kappa shape index (κ3) is 3.99. The lowest BCUT2D eigenvalue weighted by Crippen LogP contribution is -2.21. The second-order valence-corrected chi connectivity index (χ2v) is 6.28. The highest BCUT2D eigenvalue weighted by Gasteiger charge is 2.17. The lowest BCUT2D eigenvalue weighted by atomic mass is 10.3. The van der Waals surface area contributed by atoms with Gasteiger partial charge in [0.05, 0.1) is 11.7 Å². The monoisotopic (exact) mass is 269 g/mol. The molecule has 0 saturated heterocycles. The Balaban J connectivity index is 1.82. The third-order valence-corrected chi connectivity index (χ3v) is 3.92. The minimum Gasteiger partial charge on any atom is -0.300 e. The van der Waals surface area contributed by atoms with Gasteiger partial charge in [-0.3, -0.25) is 4.68 Å². The van der Waals surface area contributed by atoms with Crippen molar-refractivity contribution in [2.24, 2.45) is 0 Å². The maximum atomic E-state index is 5.97. The van der Waals surface area contributed by atoms with Crippen molar-refractivity contribution in [3.05, 3.63) is 18.0 Å². The largest absolute Gasteiger partial charge is 0.300 e. The van der Waals surface area contributed by atoms with Gasteiger partial charge in [0.2, 0.25) is 0 Å². The van der Waals surface area contributed by atoms with E-state index in [1.807, 2.05) is 6.92 Å². The predicted molar refractivity (Wildman–Crippen MR) is 76.0 cm³/mol. The van der Waals surface area contributed by atoms with Gasteiger partial charge < -0.3 is 4.90 Å². The molecule has 1 aliphatic carbocycles. The van der Waals surface area contributed by atoms with Crippen LogP contribution in [0.4, 0.5) is 0 Å². The summed E-state index contributed by atoms with van der Waals surface area (Å²) in [5, 5.41) is 4.95. The average Bonchev–Trinajstić information content (AvgIpc) is 2.95. The summed E-state index contributed by atoms with van der Waals surface area (Å²) in [5.41, 5.74) is 1.17. The van der Waals surface area contributed by atoms with Crippen LogP contribution in [0.25, 0.3) is 0 Å². The zero-order valence-corrected chi connectivity index (χ0v) is 12.2. The van der Waals surface area contributed by atoms with E-state index >= 15 is 0 Å². The van der Waals surface area contributed by atoms with E-state index in [9.17, 15) is 0 Å². The fourth-order valence-corrected chi connectivity index (χ4v) is 2.69. The molecule has 1 fully saturated rings. The van der Waals surface area contributed by atoms with E-state index in [1.165, 1.54) is 31.4 Å². The normalized spacial score (nSPS) is 18.7. The zero-order chi connectivity index (χ0) is 13.0. The van der Waals surface area contributed by atoms with Crippen molar-refractivity contribution in [3.63, 3.8) is 0 Å². The van der Waals surface area contributed by atoms with Crippen LogP contribution in [0.3, 0.4) is 0 Å². The average molecular weight is 270 g/mol. The van der Waals surface area contributed by atoms with Crippen molar-refractivity contribution >= 4 is 11.6 Å². The fraction of sp³-hybridized carbons (Fsp3) is 0.786. The Morgan fingerprint density at radius 1 is 1.50 bits per heavy atom. The van der Waals surface area contributed by atoms with Crippen molar-refractivity contribution < 1.29 is 0 Å². The Bertz CT molecular complexity index is 356. The molecule has 0 spiro atoms. The van der Waals surface area contributed by atoms with E-state index in [-0.39, 0.29) is 5.38 Å². The van der Waals surface area contributed by atoms with Crippen molar-refractivity contribution in [1.82, 2.24) is 14.7 Å². The van der Waals surface area contributed by atoms with Crippen LogP contribution in [0, 0.1) is 0 Å². The smallest absolute Gasteiger partial charge is 0.0764 e. The topological polar surface area (TPSA) is 21.1 Å². The first-order chi connectivity index (χ1) is 8.65. The summed E-state index contributed by atoms with van der Waals surface area (Å²) in [6.45, 7) is 3.99. The molecular formula is C14H24ClN3. The van der Waals surface area contributed by atoms with E-state index < -0.39 is 0 Å². The van der Waals surface area contributed by atoms with Gasteiger partial charge in [0.15, 0.2) is 0 Å². The second kappa shape index (κ2) is 6.58. The maximum absolute atomic E-state index is 5.97. The molecule has 0 N–H and O–H groups in total. The Hall–Kier alpha value is -0.540. The number of alkyl halides is 1. The van der Waals surface area contributed by atoms with E-state index in [0.717, 1.165) is 19.5 Å². The van der Waals surface area contributed by atoms with Gasteiger partial charge in [-0.15, -0.1) is 11.6 Å². The Morgan fingerprint density at radius 2 is 2.22 bits per heavy atom. The van der Waals surface area contributed by atoms with Gasteiger partial charge in [-0.25, -0.2) is 0 Å².